The monoisotopic (exact) mass is 748 g/mol. The van der Waals surface area contributed by atoms with E-state index in [4.69, 9.17) is 9.47 Å². The average molecular weight is 750 g/mol. The Kier molecular flexibility index (Phi) is 6.97. The van der Waals surface area contributed by atoms with Gasteiger partial charge in [-0.2, -0.15) is 0 Å². The first-order valence-corrected chi connectivity index (χ1v) is 19.5. The van der Waals surface area contributed by atoms with Gasteiger partial charge in [0.2, 0.25) is 0 Å². The lowest BCUT2D eigenvalue weighted by atomic mass is 9.48. The lowest BCUT2D eigenvalue weighted by Crippen LogP contribution is -2.75. The quantitative estimate of drug-likeness (QED) is 0.283. The molecule has 0 amide bonds. The van der Waals surface area contributed by atoms with Gasteiger partial charge in [0, 0.05) is 47.4 Å². The second-order valence-electron chi connectivity index (χ2n) is 18.2. The van der Waals surface area contributed by atoms with Gasteiger partial charge in [0.15, 0.2) is 23.0 Å². The number of phenolic OH excluding ortho intramolecular Hbond substituents is 2. The van der Waals surface area contributed by atoms with E-state index in [1.807, 2.05) is 0 Å². The zero-order valence-electron chi connectivity index (χ0n) is 29.7. The van der Waals surface area contributed by atoms with E-state index in [1.165, 1.54) is 25.7 Å². The maximum atomic E-state index is 12.8. The van der Waals surface area contributed by atoms with Gasteiger partial charge < -0.3 is 29.9 Å². The van der Waals surface area contributed by atoms with Crippen LogP contribution in [-0.4, -0.2) is 91.9 Å². The number of likely N-dealkylation sites (tertiary alicyclic amines) is 2. The molecule has 2 aromatic rings. The van der Waals surface area contributed by atoms with E-state index in [0.717, 1.165) is 72.4 Å². The van der Waals surface area contributed by atoms with Crippen LogP contribution in [0.15, 0.2) is 36.4 Å². The minimum absolute atomic E-state index is 0. The largest absolute Gasteiger partial charge is 0.504 e. The summed E-state index contributed by atoms with van der Waals surface area (Å²) in [6.07, 6.45) is 9.91. The molecule has 8 nitrogen and oxygen atoms in total. The van der Waals surface area contributed by atoms with Gasteiger partial charge in [-0.25, -0.2) is 0 Å². The van der Waals surface area contributed by atoms with Crippen molar-refractivity contribution in [2.75, 3.05) is 26.2 Å². The Morgan fingerprint density at radius 2 is 1.06 bits per heavy atom. The number of hydrogen-bond donors (Lipinski definition) is 4. The van der Waals surface area contributed by atoms with Crippen LogP contribution in [-0.2, 0) is 23.7 Å². The third kappa shape index (κ3) is 3.76. The molecule has 6 aliphatic carbocycles. The number of nitrogens with zero attached hydrogens (tertiary/aromatic N) is 2. The van der Waals surface area contributed by atoms with Crippen LogP contribution in [0.5, 0.6) is 23.0 Å². The predicted octanol–water partition coefficient (Wildman–Crippen LogP) is 5.85. The van der Waals surface area contributed by atoms with Crippen LogP contribution in [0.1, 0.15) is 86.5 Å². The lowest BCUT2D eigenvalue weighted by Gasteiger charge is -2.63. The Morgan fingerprint density at radius 1 is 0.654 bits per heavy atom. The summed E-state index contributed by atoms with van der Waals surface area (Å²) in [6, 6.07) is 4.10. The standard InChI is InChI=1S/C42H48N2O6.2ClH/c1-21-7-9-41(47)29-17-25-15-27(33(45)35-31(25)39(41,37(21)49-35)11-13-43(29)19-23-3-4-23)28-16-26-18-30-42(48)10-8-22(2)38-40(42,32(26)36(50-38)34(28)46)12-14-44(30)20-24-5-6-24;;/h15-16,23-24,29-30,37-38,45-48H,1-14,17-20H2;2*1H/t29-,30-,37+,38+,39+,40+,41-,42-;;/m1../s1. The first-order chi connectivity index (χ1) is 24.1. The average Bonchev–Trinajstić information content (AvgIpc) is 4.02. The molecule has 4 bridgehead atoms. The summed E-state index contributed by atoms with van der Waals surface area (Å²) < 4.78 is 13.6. The van der Waals surface area contributed by atoms with Crippen LogP contribution in [0.25, 0.3) is 11.1 Å². The molecular formula is C42H50Cl2N2O6. The maximum Gasteiger partial charge on any atom is 0.166 e. The molecule has 10 aliphatic rings. The number of rotatable bonds is 5. The van der Waals surface area contributed by atoms with Crippen molar-refractivity contribution in [2.24, 2.45) is 11.8 Å². The topological polar surface area (TPSA) is 106 Å². The summed E-state index contributed by atoms with van der Waals surface area (Å²) in [5.41, 5.74) is 4.01. The Balaban J connectivity index is 0.00000169. The first kappa shape index (κ1) is 34.1. The summed E-state index contributed by atoms with van der Waals surface area (Å²) in [6.45, 7) is 12.8. The van der Waals surface area contributed by atoms with Crippen LogP contribution in [0.3, 0.4) is 0 Å². The predicted molar refractivity (Wildman–Crippen MR) is 201 cm³/mol. The van der Waals surface area contributed by atoms with Crippen molar-refractivity contribution >= 4 is 24.8 Å². The van der Waals surface area contributed by atoms with Gasteiger partial charge in [-0.3, -0.25) is 9.80 Å². The molecule has 4 heterocycles. The van der Waals surface area contributed by atoms with Crippen molar-refractivity contribution in [3.05, 3.63) is 58.7 Å². The molecule has 0 aromatic heterocycles. The minimum atomic E-state index is -0.954. The summed E-state index contributed by atoms with van der Waals surface area (Å²) in [5.74, 6) is 2.37. The Hall–Kier alpha value is -2.46. The molecule has 278 valence electrons. The van der Waals surface area contributed by atoms with E-state index in [-0.39, 0.29) is 60.6 Å². The minimum Gasteiger partial charge on any atom is -0.504 e. The highest BCUT2D eigenvalue weighted by Gasteiger charge is 2.74. The second-order valence-corrected chi connectivity index (χ2v) is 18.2. The van der Waals surface area contributed by atoms with Gasteiger partial charge >= 0.3 is 0 Å². The third-order valence-electron chi connectivity index (χ3n) is 15.9. The van der Waals surface area contributed by atoms with Crippen molar-refractivity contribution < 1.29 is 29.9 Å². The van der Waals surface area contributed by atoms with Gasteiger partial charge in [0.05, 0.1) is 22.0 Å². The van der Waals surface area contributed by atoms with Crippen molar-refractivity contribution in [1.82, 2.24) is 9.80 Å². The van der Waals surface area contributed by atoms with Gasteiger partial charge in [-0.15, -0.1) is 24.8 Å². The molecule has 0 unspecified atom stereocenters. The number of aliphatic hydroxyl groups is 2. The summed E-state index contributed by atoms with van der Waals surface area (Å²) in [5, 5.41) is 50.1. The highest BCUT2D eigenvalue weighted by molar-refractivity contribution is 5.86. The van der Waals surface area contributed by atoms with Gasteiger partial charge in [-0.05, 0) is 136 Å². The summed E-state index contributed by atoms with van der Waals surface area (Å²) in [4.78, 5) is 5.10. The number of halogens is 2. The van der Waals surface area contributed by atoms with E-state index in [1.54, 1.807) is 0 Å². The normalized spacial score (nSPS) is 40.2. The molecule has 0 radical (unpaired) electrons. The van der Waals surface area contributed by atoms with Gasteiger partial charge in [-0.1, -0.05) is 13.2 Å². The molecular weight excluding hydrogens is 699 g/mol. The van der Waals surface area contributed by atoms with Crippen LogP contribution in [0.4, 0.5) is 0 Å². The Labute approximate surface area is 317 Å². The summed E-state index contributed by atoms with van der Waals surface area (Å²) >= 11 is 0. The molecule has 2 spiro atoms. The number of ether oxygens (including phenoxy) is 2. The lowest BCUT2D eigenvalue weighted by molar-refractivity contribution is -0.174. The van der Waals surface area contributed by atoms with Crippen molar-refractivity contribution in [1.29, 1.82) is 0 Å². The molecule has 4 saturated carbocycles. The van der Waals surface area contributed by atoms with Crippen LogP contribution >= 0.6 is 24.8 Å². The fraction of sp³-hybridized carbons (Fsp3) is 0.619. The Morgan fingerprint density at radius 3 is 1.44 bits per heavy atom. The van der Waals surface area contributed by atoms with Gasteiger partial charge in [0.25, 0.3) is 0 Å². The van der Waals surface area contributed by atoms with Crippen molar-refractivity contribution in [3.8, 4) is 34.1 Å². The number of aromatic hydroxyl groups is 2. The third-order valence-corrected chi connectivity index (χ3v) is 15.9. The first-order valence-electron chi connectivity index (χ1n) is 19.5. The molecule has 12 rings (SSSR count). The summed E-state index contributed by atoms with van der Waals surface area (Å²) in [7, 11) is 0. The fourth-order valence-corrected chi connectivity index (χ4v) is 13.3. The molecule has 2 aromatic carbocycles. The van der Waals surface area contributed by atoms with Gasteiger partial charge in [0.1, 0.15) is 12.2 Å². The number of piperidine rings is 2. The SMILES string of the molecule is C=C1CC[C@@]2(O)[C@H]3Cc4cc(-c5cc6c7c(c5O)O[C@H]5C(=C)CC[C@@]8(O)[C@@H](C6)N(CC6CC6)CC[C@]758)c(O)c5c4[C@@]2(CCN3CC2CC2)[C@H]1O5.Cl.Cl. The molecule has 52 heavy (non-hydrogen) atoms. The zero-order valence-corrected chi connectivity index (χ0v) is 31.3. The van der Waals surface area contributed by atoms with Crippen molar-refractivity contribution in [3.63, 3.8) is 0 Å². The molecule has 4 N–H and O–H groups in total. The molecule has 6 fully saturated rings. The molecule has 8 atom stereocenters. The van der Waals surface area contributed by atoms with Crippen LogP contribution in [0, 0.1) is 11.8 Å². The Bertz CT molecular complexity index is 1840. The number of phenols is 2. The van der Waals surface area contributed by atoms with E-state index < -0.39 is 22.0 Å². The van der Waals surface area contributed by atoms with E-state index in [9.17, 15) is 20.4 Å². The molecule has 2 saturated heterocycles. The second kappa shape index (κ2) is 10.6. The van der Waals surface area contributed by atoms with Crippen LogP contribution < -0.4 is 9.47 Å². The highest BCUT2D eigenvalue weighted by Crippen LogP contribution is 2.70. The van der Waals surface area contributed by atoms with E-state index >= 15 is 0 Å². The highest BCUT2D eigenvalue weighted by atomic mass is 35.5. The number of benzene rings is 2. The fourth-order valence-electron chi connectivity index (χ4n) is 13.3. The molecule has 4 aliphatic heterocycles. The maximum absolute atomic E-state index is 12.8. The van der Waals surface area contributed by atoms with Crippen molar-refractivity contribution in [2.45, 2.75) is 123 Å². The van der Waals surface area contributed by atoms with E-state index in [2.05, 4.69) is 35.1 Å². The van der Waals surface area contributed by atoms with E-state index in [0.29, 0.717) is 73.0 Å². The zero-order chi connectivity index (χ0) is 33.7. The number of hydrogen-bond acceptors (Lipinski definition) is 8. The molecule has 10 heteroatoms. The van der Waals surface area contributed by atoms with Crippen LogP contribution in [0.2, 0.25) is 0 Å². The smallest absolute Gasteiger partial charge is 0.166 e.